The Bertz CT molecular complexity index is 257. The lowest BCUT2D eigenvalue weighted by Gasteiger charge is -2.16. The van der Waals surface area contributed by atoms with Crippen LogP contribution in [0.25, 0.3) is 0 Å². The number of hydrogen-bond donors (Lipinski definition) is 2. The number of unbranched alkanes of at least 4 members (excludes halogenated alkanes) is 6. The van der Waals surface area contributed by atoms with E-state index >= 15 is 0 Å². The van der Waals surface area contributed by atoms with Crippen LogP contribution in [0.15, 0.2) is 12.7 Å². The van der Waals surface area contributed by atoms with E-state index < -0.39 is 0 Å². The summed E-state index contributed by atoms with van der Waals surface area (Å²) in [7, 11) is 2.11. The van der Waals surface area contributed by atoms with E-state index in [-0.39, 0.29) is 5.91 Å². The van der Waals surface area contributed by atoms with E-state index in [1.807, 2.05) is 6.08 Å². The monoisotopic (exact) mass is 298 g/mol. The lowest BCUT2D eigenvalue weighted by atomic mass is 10.1. The Morgan fingerprint density at radius 1 is 1.10 bits per heavy atom. The lowest BCUT2D eigenvalue weighted by molar-refractivity contribution is -0.121. The van der Waals surface area contributed by atoms with Gasteiger partial charge in [0.15, 0.2) is 0 Å². The van der Waals surface area contributed by atoms with Crippen molar-refractivity contribution in [1.82, 2.24) is 10.2 Å². The van der Waals surface area contributed by atoms with Crippen LogP contribution in [0, 0.1) is 0 Å². The van der Waals surface area contributed by atoms with Crippen LogP contribution in [-0.2, 0) is 4.79 Å². The van der Waals surface area contributed by atoms with Gasteiger partial charge in [-0.15, -0.1) is 6.58 Å². The topological polar surface area (TPSA) is 52.6 Å². The highest BCUT2D eigenvalue weighted by molar-refractivity contribution is 5.75. The van der Waals surface area contributed by atoms with Gasteiger partial charge in [-0.2, -0.15) is 0 Å². The third-order valence-corrected chi connectivity index (χ3v) is 3.58. The van der Waals surface area contributed by atoms with Gasteiger partial charge in [-0.1, -0.05) is 31.8 Å². The molecule has 21 heavy (non-hydrogen) atoms. The quantitative estimate of drug-likeness (QED) is 0.361. The van der Waals surface area contributed by atoms with Crippen molar-refractivity contribution in [2.24, 2.45) is 0 Å². The largest absolute Gasteiger partial charge is 0.396 e. The fourth-order valence-corrected chi connectivity index (χ4v) is 2.19. The number of carbonyl (C=O) groups is 1. The van der Waals surface area contributed by atoms with E-state index in [1.54, 1.807) is 0 Å². The van der Waals surface area contributed by atoms with E-state index in [0.717, 1.165) is 45.3 Å². The van der Waals surface area contributed by atoms with Gasteiger partial charge in [0.25, 0.3) is 0 Å². The van der Waals surface area contributed by atoms with Gasteiger partial charge >= 0.3 is 0 Å². The Kier molecular flexibility index (Phi) is 14.9. The second-order valence-electron chi connectivity index (χ2n) is 5.68. The zero-order chi connectivity index (χ0) is 15.8. The first-order valence-electron chi connectivity index (χ1n) is 8.37. The second-order valence-corrected chi connectivity index (χ2v) is 5.68. The van der Waals surface area contributed by atoms with Crippen LogP contribution in [0.3, 0.4) is 0 Å². The van der Waals surface area contributed by atoms with Gasteiger partial charge in [-0.05, 0) is 39.3 Å². The van der Waals surface area contributed by atoms with E-state index in [2.05, 4.69) is 23.8 Å². The third-order valence-electron chi connectivity index (χ3n) is 3.58. The van der Waals surface area contributed by atoms with E-state index in [1.165, 1.54) is 25.7 Å². The molecule has 4 nitrogen and oxygen atoms in total. The number of amides is 1. The molecule has 4 heteroatoms. The average molecular weight is 298 g/mol. The fraction of sp³-hybridized carbons (Fsp3) is 0.824. The molecule has 0 fully saturated rings. The predicted octanol–water partition coefficient (Wildman–Crippen LogP) is 2.72. The number of rotatable bonds is 15. The summed E-state index contributed by atoms with van der Waals surface area (Å²) in [6, 6.07) is 0. The van der Waals surface area contributed by atoms with Crippen LogP contribution < -0.4 is 5.32 Å². The van der Waals surface area contributed by atoms with E-state index in [9.17, 15) is 4.79 Å². The zero-order valence-corrected chi connectivity index (χ0v) is 13.8. The van der Waals surface area contributed by atoms with Crippen molar-refractivity contribution in [3.63, 3.8) is 0 Å². The molecule has 2 N–H and O–H groups in total. The normalized spacial score (nSPS) is 10.8. The highest BCUT2D eigenvalue weighted by atomic mass is 16.2. The van der Waals surface area contributed by atoms with Gasteiger partial charge < -0.3 is 15.3 Å². The summed E-state index contributed by atoms with van der Waals surface area (Å²) in [5.74, 6) is 0.147. The summed E-state index contributed by atoms with van der Waals surface area (Å²) in [5, 5.41) is 11.6. The minimum atomic E-state index is 0.147. The van der Waals surface area contributed by atoms with Crippen molar-refractivity contribution in [3.8, 4) is 0 Å². The van der Waals surface area contributed by atoms with Crippen molar-refractivity contribution in [1.29, 1.82) is 0 Å². The molecule has 124 valence electrons. The molecular weight excluding hydrogens is 264 g/mol. The third kappa shape index (κ3) is 15.3. The number of aliphatic hydroxyl groups is 1. The van der Waals surface area contributed by atoms with Crippen molar-refractivity contribution in [3.05, 3.63) is 12.7 Å². The summed E-state index contributed by atoms with van der Waals surface area (Å²) >= 11 is 0. The molecule has 0 saturated carbocycles. The van der Waals surface area contributed by atoms with Gasteiger partial charge in [0.1, 0.15) is 0 Å². The zero-order valence-electron chi connectivity index (χ0n) is 13.8. The number of allylic oxidation sites excluding steroid dienone is 1. The molecule has 0 aromatic rings. The van der Waals surface area contributed by atoms with Crippen molar-refractivity contribution in [2.45, 2.75) is 57.8 Å². The summed E-state index contributed by atoms with van der Waals surface area (Å²) < 4.78 is 0. The molecule has 0 unspecified atom stereocenters. The van der Waals surface area contributed by atoms with Crippen LogP contribution in [0.2, 0.25) is 0 Å². The minimum absolute atomic E-state index is 0.147. The molecule has 0 aliphatic rings. The molecule has 0 aliphatic heterocycles. The van der Waals surface area contributed by atoms with Gasteiger partial charge in [0, 0.05) is 26.1 Å². The maximum atomic E-state index is 11.5. The van der Waals surface area contributed by atoms with E-state index in [0.29, 0.717) is 13.0 Å². The van der Waals surface area contributed by atoms with Crippen LogP contribution in [-0.4, -0.2) is 49.2 Å². The second kappa shape index (κ2) is 15.5. The summed E-state index contributed by atoms with van der Waals surface area (Å²) in [4.78, 5) is 13.8. The van der Waals surface area contributed by atoms with Gasteiger partial charge in [-0.3, -0.25) is 4.79 Å². The number of aliphatic hydroxyl groups excluding tert-OH is 1. The highest BCUT2D eigenvalue weighted by Crippen LogP contribution is 2.05. The molecular formula is C17H34N2O2. The number of likely N-dealkylation sites (N-methyl/N-ethyl adjacent to an activating group) is 1. The van der Waals surface area contributed by atoms with Crippen LogP contribution in [0.1, 0.15) is 57.8 Å². The molecule has 0 rings (SSSR count). The van der Waals surface area contributed by atoms with Crippen molar-refractivity contribution >= 4 is 5.91 Å². The molecule has 1 amide bonds. The van der Waals surface area contributed by atoms with Crippen LogP contribution in [0.4, 0.5) is 0 Å². The number of hydrogen-bond acceptors (Lipinski definition) is 3. The van der Waals surface area contributed by atoms with Gasteiger partial charge in [0.2, 0.25) is 5.91 Å². The molecule has 0 spiro atoms. The highest BCUT2D eigenvalue weighted by Gasteiger charge is 2.02. The molecule has 0 atom stereocenters. The Balaban J connectivity index is 3.31. The lowest BCUT2D eigenvalue weighted by Crippen LogP contribution is -2.33. The first-order chi connectivity index (χ1) is 10.2. The van der Waals surface area contributed by atoms with Gasteiger partial charge in [0.05, 0.1) is 0 Å². The Hall–Kier alpha value is -0.870. The molecule has 0 heterocycles. The maximum absolute atomic E-state index is 11.5. The predicted molar refractivity (Wildman–Crippen MR) is 89.3 cm³/mol. The van der Waals surface area contributed by atoms with Crippen molar-refractivity contribution in [2.75, 3.05) is 33.3 Å². The standard InChI is InChI=1S/C17H34N2O2/c1-3-4-9-12-17(21)18-13-15-19(2)14-10-7-5-6-8-11-16-20/h3,20H,1,4-16H2,2H3,(H,18,21). The van der Waals surface area contributed by atoms with Crippen molar-refractivity contribution < 1.29 is 9.90 Å². The number of nitrogens with one attached hydrogen (secondary N) is 1. The fourth-order valence-electron chi connectivity index (χ4n) is 2.19. The molecule has 0 saturated heterocycles. The smallest absolute Gasteiger partial charge is 0.220 e. The molecule has 0 radical (unpaired) electrons. The van der Waals surface area contributed by atoms with Gasteiger partial charge in [-0.25, -0.2) is 0 Å². The number of nitrogens with zero attached hydrogens (tertiary/aromatic N) is 1. The van der Waals surface area contributed by atoms with E-state index in [4.69, 9.17) is 5.11 Å². The summed E-state index contributed by atoms with van der Waals surface area (Å²) in [6.45, 7) is 6.71. The molecule has 0 aromatic heterocycles. The maximum Gasteiger partial charge on any atom is 0.220 e. The first kappa shape index (κ1) is 20.1. The van der Waals surface area contributed by atoms with Crippen LogP contribution >= 0.6 is 0 Å². The number of carbonyl (C=O) groups excluding carboxylic acids is 1. The Morgan fingerprint density at radius 2 is 1.76 bits per heavy atom. The van der Waals surface area contributed by atoms with Crippen LogP contribution in [0.5, 0.6) is 0 Å². The Morgan fingerprint density at radius 3 is 2.43 bits per heavy atom. The first-order valence-corrected chi connectivity index (χ1v) is 8.37. The Labute approximate surface area is 130 Å². The summed E-state index contributed by atoms with van der Waals surface area (Å²) in [6.07, 6.45) is 11.3. The minimum Gasteiger partial charge on any atom is -0.396 e. The SMILES string of the molecule is C=CCCCC(=O)NCCN(C)CCCCCCCCO. The average Bonchev–Trinajstić information content (AvgIpc) is 2.46. The molecule has 0 bridgehead atoms. The summed E-state index contributed by atoms with van der Waals surface area (Å²) in [5.41, 5.74) is 0. The molecule has 0 aromatic carbocycles. The molecule has 0 aliphatic carbocycles.